The molecule has 0 amide bonds. The number of hydrogen-bond acceptors (Lipinski definition) is 3. The fraction of sp³-hybridized carbons (Fsp3) is 0.833. The topological polar surface area (TPSA) is 69.6 Å². The van der Waals surface area contributed by atoms with Gasteiger partial charge < -0.3 is 15.5 Å². The van der Waals surface area contributed by atoms with Crippen LogP contribution in [-0.4, -0.2) is 36.4 Å². The molecule has 4 heteroatoms. The van der Waals surface area contributed by atoms with E-state index in [1.54, 1.807) is 0 Å². The lowest BCUT2D eigenvalue weighted by Crippen LogP contribution is -2.16. The lowest BCUT2D eigenvalue weighted by Gasteiger charge is -1.96. The van der Waals surface area contributed by atoms with Gasteiger partial charge in [0.2, 0.25) is 0 Å². The Morgan fingerprint density at radius 2 is 2.20 bits per heavy atom. The lowest BCUT2D eigenvalue weighted by molar-refractivity contribution is -0.140. The Balaban J connectivity index is 0.000000371. The van der Waals surface area contributed by atoms with Crippen molar-refractivity contribution < 1.29 is 15.0 Å². The van der Waals surface area contributed by atoms with E-state index in [4.69, 9.17) is 10.2 Å². The van der Waals surface area contributed by atoms with Crippen molar-refractivity contribution in [3.8, 4) is 0 Å². The number of carboxylic acids is 1. The van der Waals surface area contributed by atoms with Gasteiger partial charge in [-0.1, -0.05) is 0 Å². The van der Waals surface area contributed by atoms with Crippen LogP contribution < -0.4 is 5.32 Å². The molecule has 3 N–H and O–H groups in total. The van der Waals surface area contributed by atoms with Crippen LogP contribution in [0.15, 0.2) is 0 Å². The van der Waals surface area contributed by atoms with Crippen molar-refractivity contribution in [1.29, 1.82) is 0 Å². The summed E-state index contributed by atoms with van der Waals surface area (Å²) in [5.74, 6) is -0.801. The molecule has 1 aliphatic heterocycles. The van der Waals surface area contributed by atoms with Crippen LogP contribution in [0, 0.1) is 5.92 Å². The Morgan fingerprint density at radius 3 is 2.40 bits per heavy atom. The molecule has 1 aliphatic rings. The molecule has 1 atom stereocenters. The smallest absolute Gasteiger partial charge is 0.307 e. The highest BCUT2D eigenvalue weighted by Crippen LogP contribution is 2.05. The van der Waals surface area contributed by atoms with E-state index in [9.17, 15) is 4.79 Å². The first-order chi connectivity index (χ1) is 4.80. The van der Waals surface area contributed by atoms with Crippen molar-refractivity contribution >= 4 is 5.97 Å². The minimum Gasteiger partial charge on any atom is -0.481 e. The van der Waals surface area contributed by atoms with Crippen molar-refractivity contribution in [1.82, 2.24) is 5.32 Å². The Kier molecular flexibility index (Phi) is 4.88. The monoisotopic (exact) mass is 147 g/mol. The summed E-state index contributed by atoms with van der Waals surface area (Å²) < 4.78 is 0. The highest BCUT2D eigenvalue weighted by atomic mass is 16.4. The zero-order valence-corrected chi connectivity index (χ0v) is 6.00. The maximum Gasteiger partial charge on any atom is 0.307 e. The Hall–Kier alpha value is -0.610. The first-order valence-corrected chi connectivity index (χ1v) is 3.19. The number of rotatable bonds is 1. The minimum atomic E-state index is -0.671. The quantitative estimate of drug-likeness (QED) is 0.458. The second-order valence-electron chi connectivity index (χ2n) is 2.03. The molecule has 60 valence electrons. The van der Waals surface area contributed by atoms with Gasteiger partial charge in [0.1, 0.15) is 0 Å². The molecule has 0 aromatic heterocycles. The van der Waals surface area contributed by atoms with E-state index in [-0.39, 0.29) is 5.92 Å². The van der Waals surface area contributed by atoms with E-state index in [0.29, 0.717) is 6.54 Å². The van der Waals surface area contributed by atoms with Crippen LogP contribution in [0.25, 0.3) is 0 Å². The Labute approximate surface area is 59.9 Å². The molecule has 0 spiro atoms. The van der Waals surface area contributed by atoms with E-state index >= 15 is 0 Å². The van der Waals surface area contributed by atoms with Crippen LogP contribution in [-0.2, 0) is 4.79 Å². The van der Waals surface area contributed by atoms with Crippen LogP contribution in [0.5, 0.6) is 0 Å². The largest absolute Gasteiger partial charge is 0.481 e. The summed E-state index contributed by atoms with van der Waals surface area (Å²) in [5.41, 5.74) is 0. The molecule has 1 unspecified atom stereocenters. The van der Waals surface area contributed by atoms with Gasteiger partial charge in [0.25, 0.3) is 0 Å². The zero-order chi connectivity index (χ0) is 7.98. The molecular weight excluding hydrogens is 134 g/mol. The van der Waals surface area contributed by atoms with Crippen molar-refractivity contribution in [2.75, 3.05) is 20.2 Å². The van der Waals surface area contributed by atoms with Crippen molar-refractivity contribution in [3.63, 3.8) is 0 Å². The van der Waals surface area contributed by atoms with Gasteiger partial charge in [-0.05, 0) is 13.0 Å². The third kappa shape index (κ3) is 2.80. The van der Waals surface area contributed by atoms with Crippen molar-refractivity contribution in [2.24, 2.45) is 5.92 Å². The summed E-state index contributed by atoms with van der Waals surface area (Å²) in [6.45, 7) is 1.51. The molecule has 4 nitrogen and oxygen atoms in total. The SMILES string of the molecule is CO.O=C(O)C1CCNC1. The molecule has 0 bridgehead atoms. The summed E-state index contributed by atoms with van der Waals surface area (Å²) in [6.07, 6.45) is 0.787. The van der Waals surface area contributed by atoms with Crippen molar-refractivity contribution in [3.05, 3.63) is 0 Å². The number of nitrogens with one attached hydrogen (secondary N) is 1. The molecule has 1 saturated heterocycles. The number of hydrogen-bond donors (Lipinski definition) is 3. The standard InChI is InChI=1S/C5H9NO2.CH4O/c7-5(8)4-1-2-6-3-4;1-2/h4,6H,1-3H2,(H,7,8);2H,1H3. The summed E-state index contributed by atoms with van der Waals surface area (Å²) in [4.78, 5) is 10.2. The number of aliphatic hydroxyl groups is 1. The molecule has 0 aliphatic carbocycles. The molecule has 1 heterocycles. The molecule has 1 fully saturated rings. The third-order valence-electron chi connectivity index (χ3n) is 1.41. The second kappa shape index (κ2) is 5.20. The van der Waals surface area contributed by atoms with Gasteiger partial charge in [-0.15, -0.1) is 0 Å². The molecule has 0 radical (unpaired) electrons. The number of aliphatic carboxylic acids is 1. The Bertz CT molecular complexity index is 99.2. The summed E-state index contributed by atoms with van der Waals surface area (Å²) in [5, 5.41) is 18.3. The molecule has 0 aromatic carbocycles. The van der Waals surface area contributed by atoms with Crippen LogP contribution in [0.4, 0.5) is 0 Å². The predicted octanol–water partition coefficient (Wildman–Crippen LogP) is -0.711. The van der Waals surface area contributed by atoms with Crippen LogP contribution >= 0.6 is 0 Å². The zero-order valence-electron chi connectivity index (χ0n) is 6.00. The van der Waals surface area contributed by atoms with Gasteiger partial charge in [-0.3, -0.25) is 4.79 Å². The number of aliphatic hydroxyl groups excluding tert-OH is 1. The summed E-state index contributed by atoms with van der Waals surface area (Å²) >= 11 is 0. The first kappa shape index (κ1) is 9.39. The fourth-order valence-corrected chi connectivity index (χ4v) is 0.865. The van der Waals surface area contributed by atoms with E-state index in [2.05, 4.69) is 5.32 Å². The van der Waals surface area contributed by atoms with Gasteiger partial charge in [0, 0.05) is 13.7 Å². The summed E-state index contributed by atoms with van der Waals surface area (Å²) in [6, 6.07) is 0. The van der Waals surface area contributed by atoms with E-state index < -0.39 is 5.97 Å². The third-order valence-corrected chi connectivity index (χ3v) is 1.41. The molecule has 0 aromatic rings. The average Bonchev–Trinajstić information content (AvgIpc) is 2.42. The van der Waals surface area contributed by atoms with Gasteiger partial charge in [-0.2, -0.15) is 0 Å². The van der Waals surface area contributed by atoms with Crippen LogP contribution in [0.2, 0.25) is 0 Å². The highest BCUT2D eigenvalue weighted by Gasteiger charge is 2.20. The van der Waals surface area contributed by atoms with Crippen molar-refractivity contribution in [2.45, 2.75) is 6.42 Å². The number of carbonyl (C=O) groups is 1. The van der Waals surface area contributed by atoms with Gasteiger partial charge in [0.05, 0.1) is 5.92 Å². The Morgan fingerprint density at radius 1 is 1.60 bits per heavy atom. The van der Waals surface area contributed by atoms with Crippen LogP contribution in [0.1, 0.15) is 6.42 Å². The maximum absolute atomic E-state index is 10.2. The normalized spacial score (nSPS) is 23.2. The second-order valence-corrected chi connectivity index (χ2v) is 2.03. The molecule has 0 saturated carbocycles. The summed E-state index contributed by atoms with van der Waals surface area (Å²) in [7, 11) is 1.00. The number of carboxylic acid groups (broad SMARTS) is 1. The minimum absolute atomic E-state index is 0.130. The fourth-order valence-electron chi connectivity index (χ4n) is 0.865. The van der Waals surface area contributed by atoms with Crippen LogP contribution in [0.3, 0.4) is 0 Å². The highest BCUT2D eigenvalue weighted by molar-refractivity contribution is 5.70. The van der Waals surface area contributed by atoms with E-state index in [1.807, 2.05) is 0 Å². The predicted molar refractivity (Wildman–Crippen MR) is 36.8 cm³/mol. The first-order valence-electron chi connectivity index (χ1n) is 3.19. The molecular formula is C6H13NO3. The lowest BCUT2D eigenvalue weighted by atomic mass is 10.1. The maximum atomic E-state index is 10.2. The van der Waals surface area contributed by atoms with Gasteiger partial charge >= 0.3 is 5.97 Å². The average molecular weight is 147 g/mol. The molecule has 10 heavy (non-hydrogen) atoms. The molecule has 1 rings (SSSR count). The van der Waals surface area contributed by atoms with Gasteiger partial charge in [0.15, 0.2) is 0 Å². The van der Waals surface area contributed by atoms with E-state index in [1.165, 1.54) is 0 Å². The van der Waals surface area contributed by atoms with E-state index in [0.717, 1.165) is 20.1 Å². The van der Waals surface area contributed by atoms with Gasteiger partial charge in [-0.25, -0.2) is 0 Å².